The zero-order valence-corrected chi connectivity index (χ0v) is 22.1. The van der Waals surface area contributed by atoms with E-state index in [2.05, 4.69) is 4.74 Å². The van der Waals surface area contributed by atoms with E-state index in [1.54, 1.807) is 48.5 Å². The number of furan rings is 1. The van der Waals surface area contributed by atoms with E-state index < -0.39 is 28.7 Å². The molecule has 0 unspecified atom stereocenters. The van der Waals surface area contributed by atoms with Crippen LogP contribution in [0.2, 0.25) is 0 Å². The van der Waals surface area contributed by atoms with Crippen LogP contribution in [-0.2, 0) is 14.8 Å². The summed E-state index contributed by atoms with van der Waals surface area (Å²) in [6, 6.07) is 17.7. The number of nitrogens with two attached hydrogens (primary N) is 1. The van der Waals surface area contributed by atoms with E-state index in [1.807, 2.05) is 6.07 Å². The zero-order valence-electron chi connectivity index (χ0n) is 21.3. The molecule has 1 amide bonds. The maximum atomic E-state index is 13.0. The van der Waals surface area contributed by atoms with E-state index in [9.17, 15) is 23.1 Å². The molecule has 0 radical (unpaired) electrons. The number of benzene rings is 3. The average molecular weight is 566 g/mol. The molecule has 0 saturated heterocycles. The fourth-order valence-electron chi connectivity index (χ4n) is 3.98. The van der Waals surface area contributed by atoms with Crippen molar-refractivity contribution >= 4 is 38.7 Å². The van der Waals surface area contributed by atoms with Crippen molar-refractivity contribution in [2.45, 2.75) is 0 Å². The second kappa shape index (κ2) is 11.4. The first-order valence-electron chi connectivity index (χ1n) is 11.6. The Kier molecular flexibility index (Phi) is 7.94. The topological polar surface area (TPSA) is 182 Å². The van der Waals surface area contributed by atoms with Crippen LogP contribution < -0.4 is 19.5 Å². The number of anilines is 1. The van der Waals surface area contributed by atoms with Crippen LogP contribution in [0.1, 0.15) is 15.9 Å². The van der Waals surface area contributed by atoms with Gasteiger partial charge < -0.3 is 29.5 Å². The lowest BCUT2D eigenvalue weighted by Crippen LogP contribution is -2.32. The third-order valence-corrected chi connectivity index (χ3v) is 6.87. The summed E-state index contributed by atoms with van der Waals surface area (Å²) < 4.78 is 47.6. The van der Waals surface area contributed by atoms with E-state index in [-0.39, 0.29) is 40.3 Å². The largest absolute Gasteiger partial charge is 0.495 e. The molecule has 0 spiro atoms. The number of aliphatic hydroxyl groups excluding tert-OH is 1. The number of amides is 1. The number of nitriles is 1. The number of carbonyl (C=O) groups is 2. The van der Waals surface area contributed by atoms with Gasteiger partial charge in [-0.1, -0.05) is 0 Å². The van der Waals surface area contributed by atoms with Crippen molar-refractivity contribution in [3.63, 3.8) is 0 Å². The van der Waals surface area contributed by atoms with Crippen molar-refractivity contribution in [2.24, 2.45) is 5.73 Å². The highest BCUT2D eigenvalue weighted by Crippen LogP contribution is 2.41. The van der Waals surface area contributed by atoms with E-state index in [0.717, 1.165) is 10.6 Å². The number of sulfonamides is 1. The van der Waals surface area contributed by atoms with Gasteiger partial charge in [0, 0.05) is 17.0 Å². The molecule has 12 nitrogen and oxygen atoms in total. The molecule has 0 saturated carbocycles. The van der Waals surface area contributed by atoms with Crippen molar-refractivity contribution in [3.8, 4) is 34.6 Å². The van der Waals surface area contributed by atoms with Gasteiger partial charge in [0.2, 0.25) is 10.0 Å². The molecule has 0 aliphatic rings. The Morgan fingerprint density at radius 3 is 2.23 bits per heavy atom. The smallest absolute Gasteiger partial charge is 0.412 e. The molecule has 0 bridgehead atoms. The summed E-state index contributed by atoms with van der Waals surface area (Å²) in [5.41, 5.74) is 5.95. The second-order valence-electron chi connectivity index (χ2n) is 8.36. The summed E-state index contributed by atoms with van der Waals surface area (Å²) in [6.07, 6.45) is -0.358. The quantitative estimate of drug-likeness (QED) is 0.224. The third kappa shape index (κ3) is 5.83. The van der Waals surface area contributed by atoms with Crippen LogP contribution >= 0.6 is 0 Å². The molecule has 0 fully saturated rings. The van der Waals surface area contributed by atoms with Crippen molar-refractivity contribution < 1.29 is 41.7 Å². The molecule has 40 heavy (non-hydrogen) atoms. The first kappa shape index (κ1) is 28.0. The van der Waals surface area contributed by atoms with Gasteiger partial charge in [-0.05, 0) is 54.6 Å². The molecular formula is C27H23N3O9S. The summed E-state index contributed by atoms with van der Waals surface area (Å²) in [6.45, 7) is -0.726. The Morgan fingerprint density at radius 1 is 1.07 bits per heavy atom. The molecule has 4 rings (SSSR count). The lowest BCUT2D eigenvalue weighted by molar-refractivity contribution is 0.0640. The number of nitrogens with zero attached hydrogens (tertiary/aromatic N) is 2. The van der Waals surface area contributed by atoms with Gasteiger partial charge in [-0.2, -0.15) is 5.26 Å². The molecule has 1 aromatic heterocycles. The minimum absolute atomic E-state index is 0.0124. The number of carbonyl (C=O) groups excluding carboxylic acids is 2. The number of esters is 1. The number of fused-ring (bicyclic) bond motifs is 1. The highest BCUT2D eigenvalue weighted by molar-refractivity contribution is 7.92. The zero-order chi connectivity index (χ0) is 29.0. The van der Waals surface area contributed by atoms with Gasteiger partial charge in [0.05, 0.1) is 43.8 Å². The van der Waals surface area contributed by atoms with Crippen LogP contribution in [0.15, 0.2) is 65.1 Å². The maximum Gasteiger partial charge on any atom is 0.412 e. The Labute approximate surface area is 228 Å². The van der Waals surface area contributed by atoms with Crippen LogP contribution in [0.25, 0.3) is 22.3 Å². The SMILES string of the molecule is COc1cc2c(C(=O)OC(N)=O)c(-c3ccc(Oc4ccc(C#N)cc4)cc3)oc2cc1N(CCO)S(C)(=O)=O. The van der Waals surface area contributed by atoms with Gasteiger partial charge in [0.1, 0.15) is 34.2 Å². The minimum Gasteiger partial charge on any atom is -0.495 e. The van der Waals surface area contributed by atoms with Crippen LogP contribution in [0, 0.1) is 11.3 Å². The van der Waals surface area contributed by atoms with Crippen LogP contribution in [0.5, 0.6) is 17.2 Å². The second-order valence-corrected chi connectivity index (χ2v) is 10.3. The van der Waals surface area contributed by atoms with Gasteiger partial charge in [-0.15, -0.1) is 0 Å². The molecule has 3 aromatic carbocycles. The fourth-order valence-corrected chi connectivity index (χ4v) is 4.90. The molecule has 4 aromatic rings. The van der Waals surface area contributed by atoms with Crippen LogP contribution in [0.3, 0.4) is 0 Å². The first-order valence-corrected chi connectivity index (χ1v) is 13.4. The minimum atomic E-state index is -3.83. The molecule has 3 N–H and O–H groups in total. The Morgan fingerprint density at radius 2 is 1.70 bits per heavy atom. The highest BCUT2D eigenvalue weighted by atomic mass is 32.2. The molecule has 1 heterocycles. The summed E-state index contributed by atoms with van der Waals surface area (Å²) in [7, 11) is -2.53. The van der Waals surface area contributed by atoms with Crippen molar-refractivity contribution in [3.05, 3.63) is 71.8 Å². The first-order chi connectivity index (χ1) is 19.0. The fraction of sp³-hybridized carbons (Fsp3) is 0.148. The Hall–Kier alpha value is -5.06. The standard InChI is InChI=1S/C27H23N3O9S/c1-36-23-13-20-22(14-21(23)30(11-12-31)40(2,34)35)38-25(24(20)26(32)39-27(29)33)17-5-9-19(10-6-17)37-18-7-3-16(15-28)4-8-18/h3-10,13-14,31H,11-12H2,1-2H3,(H2,29,33). The number of hydrogen-bond acceptors (Lipinski definition) is 10. The molecule has 13 heteroatoms. The van der Waals surface area contributed by atoms with E-state index in [4.69, 9.17) is 24.9 Å². The number of ether oxygens (including phenoxy) is 3. The van der Waals surface area contributed by atoms with Gasteiger partial charge >= 0.3 is 12.1 Å². The monoisotopic (exact) mass is 565 g/mol. The normalized spacial score (nSPS) is 11.1. The van der Waals surface area contributed by atoms with E-state index >= 15 is 0 Å². The summed E-state index contributed by atoms with van der Waals surface area (Å²) in [5, 5.41) is 18.5. The lowest BCUT2D eigenvalue weighted by Gasteiger charge is -2.23. The summed E-state index contributed by atoms with van der Waals surface area (Å²) in [4.78, 5) is 24.3. The summed E-state index contributed by atoms with van der Waals surface area (Å²) in [5.74, 6) is -0.0810. The predicted octanol–water partition coefficient (Wildman–Crippen LogP) is 3.77. The van der Waals surface area contributed by atoms with Gasteiger partial charge in [-0.25, -0.2) is 18.0 Å². The number of rotatable bonds is 9. The number of hydrogen-bond donors (Lipinski definition) is 2. The number of primary amides is 1. The van der Waals surface area contributed by atoms with E-state index in [0.29, 0.717) is 22.6 Å². The van der Waals surface area contributed by atoms with E-state index in [1.165, 1.54) is 19.2 Å². The van der Waals surface area contributed by atoms with Crippen LogP contribution in [-0.4, -0.2) is 52.1 Å². The van der Waals surface area contributed by atoms with Gasteiger partial charge in [0.25, 0.3) is 0 Å². The van der Waals surface area contributed by atoms with Crippen molar-refractivity contribution in [1.82, 2.24) is 0 Å². The molecule has 0 aliphatic heterocycles. The highest BCUT2D eigenvalue weighted by Gasteiger charge is 2.29. The molecule has 206 valence electrons. The Balaban J connectivity index is 1.82. The molecule has 0 atom stereocenters. The maximum absolute atomic E-state index is 13.0. The van der Waals surface area contributed by atoms with Gasteiger partial charge in [0.15, 0.2) is 0 Å². The third-order valence-electron chi connectivity index (χ3n) is 5.69. The number of methoxy groups -OCH3 is 1. The molecule has 0 aliphatic carbocycles. The van der Waals surface area contributed by atoms with Gasteiger partial charge in [-0.3, -0.25) is 4.31 Å². The molecular weight excluding hydrogens is 542 g/mol. The summed E-state index contributed by atoms with van der Waals surface area (Å²) >= 11 is 0. The van der Waals surface area contributed by atoms with Crippen LogP contribution in [0.4, 0.5) is 10.5 Å². The Bertz CT molecular complexity index is 1720. The van der Waals surface area contributed by atoms with Crippen molar-refractivity contribution in [1.29, 1.82) is 5.26 Å². The number of aliphatic hydroxyl groups is 1. The average Bonchev–Trinajstić information content (AvgIpc) is 3.29. The van der Waals surface area contributed by atoms with Crippen molar-refractivity contribution in [2.75, 3.05) is 30.8 Å². The predicted molar refractivity (Wildman–Crippen MR) is 144 cm³/mol. The lowest BCUT2D eigenvalue weighted by atomic mass is 10.0.